The Bertz CT molecular complexity index is 1120. The lowest BCUT2D eigenvalue weighted by molar-refractivity contribution is -0.150. The molecule has 8 heteroatoms. The third kappa shape index (κ3) is 5.34. The summed E-state index contributed by atoms with van der Waals surface area (Å²) in [5.41, 5.74) is 0.763. The minimum absolute atomic E-state index is 0.0560. The van der Waals surface area contributed by atoms with Gasteiger partial charge in [-0.1, -0.05) is 18.9 Å². The summed E-state index contributed by atoms with van der Waals surface area (Å²) in [5, 5.41) is 21.8. The molecule has 0 unspecified atom stereocenters. The minimum atomic E-state index is -0.816. The number of fused-ring (bicyclic) bond motifs is 1. The Morgan fingerprint density at radius 2 is 1.78 bits per heavy atom. The number of phenols is 1. The molecule has 2 aliphatic rings. The zero-order chi connectivity index (χ0) is 26.6. The highest BCUT2D eigenvalue weighted by Gasteiger charge is 2.50. The molecule has 2 fully saturated rings. The molecular formula is C29H37NO7. The van der Waals surface area contributed by atoms with Crippen LogP contribution < -0.4 is 18.9 Å². The standard InChI is InChI=1S/C29H37NO7/c1-5-37-23-18-20(10-11-22(23)31)27-21-8-6-7-13-29(21,33)14-15-30(27)26(32)12-9-19-16-24(34-2)28(36-4)25(17-19)35-3/h9-12,16-18,21,27,31,33H,5-8,13-15H2,1-4H3/b12-9+/t21-,27-,29+/m1/s1. The largest absolute Gasteiger partial charge is 0.504 e. The minimum Gasteiger partial charge on any atom is -0.504 e. The zero-order valence-corrected chi connectivity index (χ0v) is 22.0. The van der Waals surface area contributed by atoms with E-state index < -0.39 is 5.60 Å². The van der Waals surface area contributed by atoms with E-state index >= 15 is 0 Å². The van der Waals surface area contributed by atoms with E-state index in [2.05, 4.69) is 0 Å². The number of rotatable bonds is 8. The van der Waals surface area contributed by atoms with Gasteiger partial charge in [-0.15, -0.1) is 0 Å². The van der Waals surface area contributed by atoms with Crippen LogP contribution in [0.25, 0.3) is 6.08 Å². The monoisotopic (exact) mass is 511 g/mol. The van der Waals surface area contributed by atoms with Crippen LogP contribution in [0.1, 0.15) is 56.2 Å². The number of benzene rings is 2. The van der Waals surface area contributed by atoms with E-state index in [1.807, 2.05) is 17.9 Å². The molecule has 1 heterocycles. The van der Waals surface area contributed by atoms with Gasteiger partial charge in [-0.25, -0.2) is 0 Å². The van der Waals surface area contributed by atoms with Gasteiger partial charge >= 0.3 is 0 Å². The number of methoxy groups -OCH3 is 3. The summed E-state index contributed by atoms with van der Waals surface area (Å²) in [6.07, 6.45) is 7.35. The second kappa shape index (κ2) is 11.3. The number of hydrogen-bond donors (Lipinski definition) is 2. The Morgan fingerprint density at radius 1 is 1.05 bits per heavy atom. The summed E-state index contributed by atoms with van der Waals surface area (Å²) >= 11 is 0. The lowest BCUT2D eigenvalue weighted by Crippen LogP contribution is -2.56. The number of nitrogens with zero attached hydrogens (tertiary/aromatic N) is 1. The van der Waals surface area contributed by atoms with Gasteiger partial charge in [-0.05, 0) is 67.7 Å². The van der Waals surface area contributed by atoms with Crippen LogP contribution in [0.4, 0.5) is 0 Å². The number of carbonyl (C=O) groups excluding carboxylic acids is 1. The number of amides is 1. The van der Waals surface area contributed by atoms with Gasteiger partial charge in [-0.2, -0.15) is 0 Å². The van der Waals surface area contributed by atoms with Crippen LogP contribution in [0.3, 0.4) is 0 Å². The summed E-state index contributed by atoms with van der Waals surface area (Å²) in [6, 6.07) is 8.46. The summed E-state index contributed by atoms with van der Waals surface area (Å²) in [7, 11) is 4.64. The molecule has 3 atom stereocenters. The Hall–Kier alpha value is -3.39. The fourth-order valence-corrected chi connectivity index (χ4v) is 5.79. The quantitative estimate of drug-likeness (QED) is 0.495. The Balaban J connectivity index is 1.68. The van der Waals surface area contributed by atoms with Crippen molar-refractivity contribution >= 4 is 12.0 Å². The third-order valence-corrected chi connectivity index (χ3v) is 7.58. The van der Waals surface area contributed by atoms with Crippen LogP contribution in [0.5, 0.6) is 28.7 Å². The van der Waals surface area contributed by atoms with Crippen LogP contribution in [0, 0.1) is 5.92 Å². The number of phenolic OH excluding ortho intramolecular Hbond substituents is 1. The predicted molar refractivity (Wildman–Crippen MR) is 140 cm³/mol. The van der Waals surface area contributed by atoms with Gasteiger partial charge in [0, 0.05) is 18.5 Å². The topological polar surface area (TPSA) is 97.7 Å². The summed E-state index contributed by atoms with van der Waals surface area (Å²) < 4.78 is 21.9. The van der Waals surface area contributed by atoms with Crippen molar-refractivity contribution < 1.29 is 34.0 Å². The fourth-order valence-electron chi connectivity index (χ4n) is 5.79. The molecule has 0 spiro atoms. The lowest BCUT2D eigenvalue weighted by Gasteiger charge is -2.52. The van der Waals surface area contributed by atoms with E-state index in [9.17, 15) is 15.0 Å². The highest BCUT2D eigenvalue weighted by atomic mass is 16.5. The maximum absolute atomic E-state index is 13.6. The van der Waals surface area contributed by atoms with Gasteiger partial charge in [0.15, 0.2) is 23.0 Å². The van der Waals surface area contributed by atoms with Gasteiger partial charge in [0.2, 0.25) is 11.7 Å². The highest BCUT2D eigenvalue weighted by Crippen LogP contribution is 2.50. The molecule has 2 aromatic rings. The first-order chi connectivity index (χ1) is 17.8. The van der Waals surface area contributed by atoms with Gasteiger partial charge in [0.1, 0.15) is 0 Å². The zero-order valence-electron chi connectivity index (χ0n) is 22.0. The van der Waals surface area contributed by atoms with E-state index in [0.717, 1.165) is 36.8 Å². The van der Waals surface area contributed by atoms with Gasteiger partial charge in [0.25, 0.3) is 0 Å². The van der Waals surface area contributed by atoms with E-state index in [4.69, 9.17) is 18.9 Å². The van der Waals surface area contributed by atoms with Crippen molar-refractivity contribution in [1.82, 2.24) is 4.90 Å². The first-order valence-electron chi connectivity index (χ1n) is 12.8. The number of aromatic hydroxyl groups is 1. The molecular weight excluding hydrogens is 474 g/mol. The number of hydrogen-bond acceptors (Lipinski definition) is 7. The molecule has 1 saturated carbocycles. The van der Waals surface area contributed by atoms with E-state index in [-0.39, 0.29) is 23.6 Å². The Kier molecular flexibility index (Phi) is 8.17. The first-order valence-corrected chi connectivity index (χ1v) is 12.8. The number of ether oxygens (including phenoxy) is 4. The second-order valence-corrected chi connectivity index (χ2v) is 9.63. The van der Waals surface area contributed by atoms with E-state index in [0.29, 0.717) is 42.6 Å². The molecule has 4 rings (SSSR count). The second-order valence-electron chi connectivity index (χ2n) is 9.63. The molecule has 2 aromatic carbocycles. The van der Waals surface area contributed by atoms with Crippen molar-refractivity contribution in [3.8, 4) is 28.7 Å². The molecule has 0 radical (unpaired) electrons. The van der Waals surface area contributed by atoms with Gasteiger partial charge < -0.3 is 34.1 Å². The third-order valence-electron chi connectivity index (χ3n) is 7.58. The average molecular weight is 512 g/mol. The molecule has 8 nitrogen and oxygen atoms in total. The molecule has 1 aliphatic heterocycles. The maximum atomic E-state index is 13.6. The molecule has 37 heavy (non-hydrogen) atoms. The summed E-state index contributed by atoms with van der Waals surface area (Å²) in [4.78, 5) is 15.5. The molecule has 200 valence electrons. The number of carbonyl (C=O) groups is 1. The maximum Gasteiger partial charge on any atom is 0.247 e. The Labute approximate surface area is 218 Å². The summed E-state index contributed by atoms with van der Waals surface area (Å²) in [6.45, 7) is 2.70. The summed E-state index contributed by atoms with van der Waals surface area (Å²) in [5.74, 6) is 1.67. The molecule has 0 aromatic heterocycles. The molecule has 1 saturated heterocycles. The van der Waals surface area contributed by atoms with Crippen molar-refractivity contribution in [2.45, 2.75) is 50.7 Å². The fraction of sp³-hybridized carbons (Fsp3) is 0.483. The van der Waals surface area contributed by atoms with Crippen molar-refractivity contribution in [1.29, 1.82) is 0 Å². The van der Waals surface area contributed by atoms with Crippen LogP contribution in [-0.4, -0.2) is 61.1 Å². The van der Waals surface area contributed by atoms with Crippen molar-refractivity contribution in [3.05, 3.63) is 47.5 Å². The van der Waals surface area contributed by atoms with Crippen LogP contribution >= 0.6 is 0 Å². The van der Waals surface area contributed by atoms with Crippen molar-refractivity contribution in [2.24, 2.45) is 5.92 Å². The van der Waals surface area contributed by atoms with Crippen LogP contribution in [0.2, 0.25) is 0 Å². The normalized spacial score (nSPS) is 23.4. The number of aliphatic hydroxyl groups is 1. The van der Waals surface area contributed by atoms with Crippen LogP contribution in [-0.2, 0) is 4.79 Å². The van der Waals surface area contributed by atoms with Crippen molar-refractivity contribution in [3.63, 3.8) is 0 Å². The first kappa shape index (κ1) is 26.7. The van der Waals surface area contributed by atoms with E-state index in [1.54, 1.807) is 57.7 Å². The highest BCUT2D eigenvalue weighted by molar-refractivity contribution is 5.92. The number of likely N-dealkylation sites (tertiary alicyclic amines) is 1. The smallest absolute Gasteiger partial charge is 0.247 e. The number of piperidine rings is 1. The van der Waals surface area contributed by atoms with Gasteiger partial charge in [-0.3, -0.25) is 4.79 Å². The lowest BCUT2D eigenvalue weighted by atomic mass is 9.66. The molecule has 1 aliphatic carbocycles. The van der Waals surface area contributed by atoms with Gasteiger partial charge in [0.05, 0.1) is 39.6 Å². The molecule has 0 bridgehead atoms. The Morgan fingerprint density at radius 3 is 2.43 bits per heavy atom. The average Bonchev–Trinajstić information content (AvgIpc) is 2.91. The predicted octanol–water partition coefficient (Wildman–Crippen LogP) is 4.72. The van der Waals surface area contributed by atoms with Crippen molar-refractivity contribution in [2.75, 3.05) is 34.5 Å². The van der Waals surface area contributed by atoms with Crippen LogP contribution in [0.15, 0.2) is 36.4 Å². The molecule has 2 N–H and O–H groups in total. The van der Waals surface area contributed by atoms with E-state index in [1.165, 1.54) is 0 Å². The SMILES string of the molecule is CCOc1cc([C@@H]2[C@H]3CCCC[C@]3(O)CCN2C(=O)/C=C/c2cc(OC)c(OC)c(OC)c2)ccc1O. The molecule has 1 amide bonds.